The zero-order valence-corrected chi connectivity index (χ0v) is 15.4. The molecule has 0 N–H and O–H groups in total. The maximum Gasteiger partial charge on any atom is 0.338 e. The smallest absolute Gasteiger partial charge is 0.338 e. The number of rotatable bonds is 8. The van der Waals surface area contributed by atoms with Crippen molar-refractivity contribution in [3.8, 4) is 0 Å². The van der Waals surface area contributed by atoms with Gasteiger partial charge in [-0.2, -0.15) is 0 Å². The molecule has 0 unspecified atom stereocenters. The average Bonchev–Trinajstić information content (AvgIpc) is 2.92. The van der Waals surface area contributed by atoms with E-state index in [2.05, 4.69) is 0 Å². The van der Waals surface area contributed by atoms with Crippen LogP contribution in [0.4, 0.5) is 8.78 Å². The van der Waals surface area contributed by atoms with Gasteiger partial charge in [0, 0.05) is 17.8 Å². The highest BCUT2D eigenvalue weighted by atomic mass is 32.2. The molecule has 1 saturated carbocycles. The molecule has 138 valence electrons. The van der Waals surface area contributed by atoms with Crippen LogP contribution in [0.15, 0.2) is 35.2 Å². The molecule has 1 aliphatic carbocycles. The number of carbonyl (C=O) groups is 1. The number of hydrogen-bond acceptors (Lipinski definition) is 4. The number of thioether (sulfide) groups is 1. The molecule has 0 heterocycles. The molecule has 1 aromatic rings. The maximum atomic E-state index is 13.4. The first kappa shape index (κ1) is 19.9. The molecule has 1 fully saturated rings. The van der Waals surface area contributed by atoms with E-state index in [9.17, 15) is 13.6 Å². The van der Waals surface area contributed by atoms with E-state index in [1.807, 2.05) is 24.3 Å². The fourth-order valence-corrected chi connectivity index (χ4v) is 3.62. The van der Waals surface area contributed by atoms with Gasteiger partial charge in [-0.05, 0) is 43.4 Å². The van der Waals surface area contributed by atoms with E-state index in [4.69, 9.17) is 9.47 Å². The summed E-state index contributed by atoms with van der Waals surface area (Å²) < 4.78 is 37.0. The van der Waals surface area contributed by atoms with Crippen LogP contribution in [0.5, 0.6) is 0 Å². The Balaban J connectivity index is 2.16. The molecule has 1 aromatic carbocycles. The molecular weight excluding hydrogens is 346 g/mol. The number of halogens is 2. The number of hydrogen-bond donors (Lipinski definition) is 0. The lowest BCUT2D eigenvalue weighted by molar-refractivity contribution is -0.136. The van der Waals surface area contributed by atoms with Crippen LogP contribution in [-0.4, -0.2) is 44.4 Å². The van der Waals surface area contributed by atoms with Crippen molar-refractivity contribution in [2.45, 2.75) is 37.0 Å². The molecule has 3 nitrogen and oxygen atoms in total. The topological polar surface area (TPSA) is 35.5 Å². The third-order valence-corrected chi connectivity index (χ3v) is 5.04. The second-order valence-electron chi connectivity index (χ2n) is 5.93. The van der Waals surface area contributed by atoms with Gasteiger partial charge in [0.1, 0.15) is 12.3 Å². The summed E-state index contributed by atoms with van der Waals surface area (Å²) in [5.74, 6) is 0.0917. The van der Waals surface area contributed by atoms with Crippen LogP contribution in [0.25, 0.3) is 5.57 Å². The second-order valence-corrected chi connectivity index (χ2v) is 7.10. The quantitative estimate of drug-likeness (QED) is 0.293. The van der Waals surface area contributed by atoms with Gasteiger partial charge < -0.3 is 9.47 Å². The first-order chi connectivity index (χ1) is 12.0. The molecule has 0 saturated heterocycles. The largest absolute Gasteiger partial charge is 0.462 e. The number of esters is 1. The Morgan fingerprint density at radius 3 is 2.44 bits per heavy atom. The molecule has 0 spiro atoms. The predicted molar refractivity (Wildman–Crippen MR) is 96.2 cm³/mol. The van der Waals surface area contributed by atoms with Crippen molar-refractivity contribution >= 4 is 23.3 Å². The lowest BCUT2D eigenvalue weighted by Crippen LogP contribution is -2.08. The Bertz CT molecular complexity index is 579. The Kier molecular flexibility index (Phi) is 7.90. The van der Waals surface area contributed by atoms with E-state index in [0.29, 0.717) is 17.7 Å². The Morgan fingerprint density at radius 1 is 1.24 bits per heavy atom. The molecule has 0 aromatic heterocycles. The first-order valence-electron chi connectivity index (χ1n) is 8.44. The SMILES string of the molecule is CCOC(=O)/C(=C/[C@H]1C[C@@H](F)[C@@H](F)C1)c1ccc(SCCOC)cc1. The molecule has 0 bridgehead atoms. The highest BCUT2D eigenvalue weighted by Crippen LogP contribution is 2.34. The number of allylic oxidation sites excluding steroid dienone is 1. The third kappa shape index (κ3) is 5.82. The van der Waals surface area contributed by atoms with Crippen molar-refractivity contribution in [3.05, 3.63) is 35.9 Å². The fraction of sp³-hybridized carbons (Fsp3) is 0.526. The van der Waals surface area contributed by atoms with Gasteiger partial charge in [-0.15, -0.1) is 11.8 Å². The van der Waals surface area contributed by atoms with Crippen molar-refractivity contribution in [2.75, 3.05) is 26.1 Å². The van der Waals surface area contributed by atoms with Crippen molar-refractivity contribution in [1.29, 1.82) is 0 Å². The van der Waals surface area contributed by atoms with Gasteiger partial charge in [0.05, 0.1) is 18.8 Å². The molecule has 6 heteroatoms. The normalized spacial score (nSPS) is 23.7. The lowest BCUT2D eigenvalue weighted by Gasteiger charge is -2.11. The Labute approximate surface area is 151 Å². The van der Waals surface area contributed by atoms with Crippen molar-refractivity contribution in [1.82, 2.24) is 0 Å². The summed E-state index contributed by atoms with van der Waals surface area (Å²) in [4.78, 5) is 13.4. The summed E-state index contributed by atoms with van der Waals surface area (Å²) >= 11 is 1.66. The van der Waals surface area contributed by atoms with Gasteiger partial charge in [-0.1, -0.05) is 18.2 Å². The monoisotopic (exact) mass is 370 g/mol. The van der Waals surface area contributed by atoms with Crippen molar-refractivity contribution in [3.63, 3.8) is 0 Å². The summed E-state index contributed by atoms with van der Waals surface area (Å²) in [5, 5.41) is 0. The van der Waals surface area contributed by atoms with Crippen LogP contribution in [0.3, 0.4) is 0 Å². The third-order valence-electron chi connectivity index (χ3n) is 4.07. The Morgan fingerprint density at radius 2 is 1.88 bits per heavy atom. The van der Waals surface area contributed by atoms with E-state index >= 15 is 0 Å². The van der Waals surface area contributed by atoms with Gasteiger partial charge in [-0.3, -0.25) is 0 Å². The molecule has 3 atom stereocenters. The van der Waals surface area contributed by atoms with E-state index in [0.717, 1.165) is 10.6 Å². The van der Waals surface area contributed by atoms with Gasteiger partial charge in [-0.25, -0.2) is 13.6 Å². The van der Waals surface area contributed by atoms with Gasteiger partial charge >= 0.3 is 5.97 Å². The number of carbonyl (C=O) groups excluding carboxylic acids is 1. The standard InChI is InChI=1S/C19H24F2O3S/c1-3-24-19(22)16(10-13-11-17(20)18(21)12-13)14-4-6-15(7-5-14)25-9-8-23-2/h4-7,10,13,17-18H,3,8-9,11-12H2,1-2H3/b16-10+/t13-,17+,18-. The van der Waals surface area contributed by atoms with Crippen LogP contribution in [-0.2, 0) is 14.3 Å². The van der Waals surface area contributed by atoms with E-state index in [1.54, 1.807) is 31.9 Å². The zero-order valence-electron chi connectivity index (χ0n) is 14.5. The highest BCUT2D eigenvalue weighted by Gasteiger charge is 2.34. The minimum Gasteiger partial charge on any atom is -0.462 e. The van der Waals surface area contributed by atoms with Crippen molar-refractivity contribution in [2.24, 2.45) is 5.92 Å². The summed E-state index contributed by atoms with van der Waals surface area (Å²) in [7, 11) is 1.66. The molecule has 0 amide bonds. The highest BCUT2D eigenvalue weighted by molar-refractivity contribution is 7.99. The van der Waals surface area contributed by atoms with Gasteiger partial charge in [0.2, 0.25) is 0 Å². The summed E-state index contributed by atoms with van der Waals surface area (Å²) in [6.45, 7) is 2.65. The molecule has 1 aliphatic rings. The molecule has 2 rings (SSSR count). The Hall–Kier alpha value is -1.40. The van der Waals surface area contributed by atoms with Gasteiger partial charge in [0.25, 0.3) is 0 Å². The van der Waals surface area contributed by atoms with Crippen LogP contribution >= 0.6 is 11.8 Å². The van der Waals surface area contributed by atoms with E-state index in [1.165, 1.54) is 0 Å². The van der Waals surface area contributed by atoms with E-state index < -0.39 is 18.3 Å². The van der Waals surface area contributed by atoms with E-state index in [-0.39, 0.29) is 25.4 Å². The second kappa shape index (κ2) is 9.92. The molecule has 0 aliphatic heterocycles. The van der Waals surface area contributed by atoms with Crippen LogP contribution < -0.4 is 0 Å². The maximum absolute atomic E-state index is 13.4. The van der Waals surface area contributed by atoms with Crippen LogP contribution in [0.1, 0.15) is 25.3 Å². The lowest BCUT2D eigenvalue weighted by atomic mass is 9.98. The average molecular weight is 370 g/mol. The molecule has 25 heavy (non-hydrogen) atoms. The van der Waals surface area contributed by atoms with Crippen molar-refractivity contribution < 1.29 is 23.0 Å². The van der Waals surface area contributed by atoms with Gasteiger partial charge in [0.15, 0.2) is 0 Å². The first-order valence-corrected chi connectivity index (χ1v) is 9.43. The zero-order chi connectivity index (χ0) is 18.2. The molecular formula is C19H24F2O3S. The number of benzene rings is 1. The number of ether oxygens (including phenoxy) is 2. The fourth-order valence-electron chi connectivity index (χ4n) is 2.81. The minimum absolute atomic E-state index is 0.106. The predicted octanol–water partition coefficient (Wildman–Crippen LogP) is 4.46. The molecule has 0 radical (unpaired) electrons. The summed E-state index contributed by atoms with van der Waals surface area (Å²) in [6.07, 6.45) is -1.03. The number of methoxy groups -OCH3 is 1. The summed E-state index contributed by atoms with van der Waals surface area (Å²) in [5.41, 5.74) is 1.08. The number of alkyl halides is 2. The van der Waals surface area contributed by atoms with Crippen LogP contribution in [0, 0.1) is 5.92 Å². The van der Waals surface area contributed by atoms with Crippen LogP contribution in [0.2, 0.25) is 0 Å². The minimum atomic E-state index is -1.45. The summed E-state index contributed by atoms with van der Waals surface area (Å²) in [6, 6.07) is 7.53.